The van der Waals surface area contributed by atoms with E-state index in [-0.39, 0.29) is 30.7 Å². The maximum absolute atomic E-state index is 13.7. The van der Waals surface area contributed by atoms with Gasteiger partial charge in [0.2, 0.25) is 5.91 Å². The van der Waals surface area contributed by atoms with Crippen LogP contribution in [0.4, 0.5) is 0 Å². The number of H-pyrrole nitrogens is 1. The smallest absolute Gasteiger partial charge is 0.330 e. The lowest BCUT2D eigenvalue weighted by Crippen LogP contribution is -2.51. The fourth-order valence-corrected chi connectivity index (χ4v) is 10.2. The fourth-order valence-electron chi connectivity index (χ4n) is 9.19. The average Bonchev–Trinajstić information content (AvgIpc) is 3.51. The van der Waals surface area contributed by atoms with Gasteiger partial charge in [0.05, 0.1) is 56.8 Å². The first-order valence-electron chi connectivity index (χ1n) is 26.7. The van der Waals surface area contributed by atoms with Gasteiger partial charge in [-0.05, 0) is 103 Å². The minimum atomic E-state index is -2.36. The summed E-state index contributed by atoms with van der Waals surface area (Å²) < 4.78 is 40.3. The van der Waals surface area contributed by atoms with Crippen molar-refractivity contribution in [2.45, 2.75) is 82.5 Å². The predicted octanol–water partition coefficient (Wildman–Crippen LogP) is 9.77. The molecule has 78 heavy (non-hydrogen) atoms. The minimum Gasteiger partial charge on any atom is -0.497 e. The number of amides is 1. The molecule has 0 aliphatic carbocycles. The molecule has 1 saturated heterocycles. The van der Waals surface area contributed by atoms with Crippen LogP contribution in [0.15, 0.2) is 162 Å². The van der Waals surface area contributed by atoms with Crippen LogP contribution in [0.5, 0.6) is 17.2 Å². The molecule has 3 aromatic carbocycles. The van der Waals surface area contributed by atoms with Crippen LogP contribution in [0.3, 0.4) is 0 Å². The molecule has 7 aromatic rings. The van der Waals surface area contributed by atoms with Gasteiger partial charge >= 0.3 is 5.69 Å². The van der Waals surface area contributed by atoms with Crippen molar-refractivity contribution in [1.82, 2.24) is 34.3 Å². The SMILES string of the molecule is COc1ccc(C(OC[C@H](CO[Si](C)(C)C(C)(C)C)O[C@H](CN2CCN(C(=O)CCCCCOc3cc(-c4ccccn4)nc(-c4ccccn4)c3)CC2)n2ccc(=O)[nH]c2=O)(c2ccccc2)c2ccc(OC)cc2)cc1. The molecule has 1 aliphatic rings. The van der Waals surface area contributed by atoms with Crippen molar-refractivity contribution in [2.24, 2.45) is 0 Å². The van der Waals surface area contributed by atoms with E-state index >= 15 is 0 Å². The number of nitrogens with one attached hydrogen (secondary N) is 1. The van der Waals surface area contributed by atoms with E-state index in [9.17, 15) is 14.4 Å². The zero-order valence-corrected chi connectivity index (χ0v) is 46.9. The first-order chi connectivity index (χ1) is 37.6. The predicted molar refractivity (Wildman–Crippen MR) is 304 cm³/mol. The van der Waals surface area contributed by atoms with Crippen LogP contribution in [-0.2, 0) is 24.3 Å². The number of unbranched alkanes of at least 4 members (excludes halogenated alkanes) is 2. The van der Waals surface area contributed by atoms with Crippen molar-refractivity contribution in [3.8, 4) is 40.0 Å². The van der Waals surface area contributed by atoms with Gasteiger partial charge < -0.3 is 33.0 Å². The zero-order valence-electron chi connectivity index (χ0n) is 45.9. The Labute approximate surface area is 458 Å². The van der Waals surface area contributed by atoms with Crippen LogP contribution in [-0.4, -0.2) is 121 Å². The number of ether oxygens (including phenoxy) is 5. The van der Waals surface area contributed by atoms with Gasteiger partial charge in [-0.1, -0.05) is 87.5 Å². The minimum absolute atomic E-state index is 0.0358. The second kappa shape index (κ2) is 26.4. The van der Waals surface area contributed by atoms with Crippen LogP contribution in [0.25, 0.3) is 22.8 Å². The van der Waals surface area contributed by atoms with Gasteiger partial charge in [-0.15, -0.1) is 0 Å². The molecule has 0 unspecified atom stereocenters. The quantitative estimate of drug-likeness (QED) is 0.0326. The van der Waals surface area contributed by atoms with E-state index in [1.54, 1.807) is 26.6 Å². The molecule has 0 radical (unpaired) electrons. The Bertz CT molecular complexity index is 3010. The molecular weight excluding hydrogens is 1000 g/mol. The van der Waals surface area contributed by atoms with Crippen molar-refractivity contribution in [3.63, 3.8) is 0 Å². The van der Waals surface area contributed by atoms with Crippen LogP contribution in [0.1, 0.15) is 69.4 Å². The highest BCUT2D eigenvalue weighted by Gasteiger charge is 2.41. The largest absolute Gasteiger partial charge is 0.497 e. The number of piperazine rings is 1. The number of hydrogen-bond acceptors (Lipinski definition) is 13. The number of pyridine rings is 3. The monoisotopic (exact) mass is 1080 g/mol. The fraction of sp³-hybridized carbons (Fsp3) is 0.377. The number of benzene rings is 3. The zero-order chi connectivity index (χ0) is 55.1. The maximum atomic E-state index is 13.7. The number of hydrogen-bond donors (Lipinski definition) is 1. The molecule has 410 valence electrons. The highest BCUT2D eigenvalue weighted by Crippen LogP contribution is 2.43. The third kappa shape index (κ3) is 14.4. The number of nitrogens with zero attached hydrogens (tertiary/aromatic N) is 6. The third-order valence-electron chi connectivity index (χ3n) is 14.7. The summed E-state index contributed by atoms with van der Waals surface area (Å²) >= 11 is 0. The normalized spacial score (nSPS) is 14.2. The molecule has 16 nitrogen and oxygen atoms in total. The summed E-state index contributed by atoms with van der Waals surface area (Å²) in [7, 11) is 0.915. The summed E-state index contributed by atoms with van der Waals surface area (Å²) in [5.74, 6) is 2.18. The van der Waals surface area contributed by atoms with E-state index in [0.717, 1.165) is 47.3 Å². The number of methoxy groups -OCH3 is 2. The summed E-state index contributed by atoms with van der Waals surface area (Å²) in [4.78, 5) is 60.1. The first kappa shape index (κ1) is 56.9. The number of carbonyl (C=O) groups excluding carboxylic acids is 1. The summed E-state index contributed by atoms with van der Waals surface area (Å²) in [5, 5.41) is -0.113. The standard InChI is InChI=1S/C61H73N7O9Si/c1-60(2,3)78(6,7)76-44-51(43-75-61(45-18-10-8-11-19-45,46-23-27-48(72-4)28-24-46)47-25-29-49(73-5)30-26-47)77-58(68-34-31-56(69)65-59(68)71)42-66-35-37-67(38-36-66)57(70)22-12-9-17-39-74-50-40-54(52-20-13-15-32-62-52)64-55(41-50)53-21-14-16-33-63-53/h8,10-11,13-16,18-21,23-34,40-41,51,58H,9,12,17,22,35-39,42-44H2,1-7H3,(H,65,69,71)/t51-,58-/m1/s1. The Morgan fingerprint density at radius 1 is 0.667 bits per heavy atom. The lowest BCUT2D eigenvalue weighted by atomic mass is 9.80. The molecule has 1 N–H and O–H groups in total. The molecule has 5 heterocycles. The first-order valence-corrected chi connectivity index (χ1v) is 29.6. The van der Waals surface area contributed by atoms with Gasteiger partial charge in [0.1, 0.15) is 29.0 Å². The molecule has 2 atom stereocenters. The lowest BCUT2D eigenvalue weighted by Gasteiger charge is -2.40. The number of aromatic nitrogens is 5. The Morgan fingerprint density at radius 3 is 1.78 bits per heavy atom. The van der Waals surface area contributed by atoms with Crippen molar-refractivity contribution < 1.29 is 32.9 Å². The van der Waals surface area contributed by atoms with Gasteiger partial charge in [0, 0.05) is 75.9 Å². The molecular formula is C61H73N7O9Si. The number of carbonyl (C=O) groups is 1. The Hall–Kier alpha value is -7.28. The van der Waals surface area contributed by atoms with Gasteiger partial charge in [-0.3, -0.25) is 34.0 Å². The maximum Gasteiger partial charge on any atom is 0.330 e. The average molecular weight is 1080 g/mol. The van der Waals surface area contributed by atoms with Crippen LogP contribution in [0.2, 0.25) is 18.1 Å². The van der Waals surface area contributed by atoms with Crippen LogP contribution < -0.4 is 25.5 Å². The molecule has 0 bridgehead atoms. The van der Waals surface area contributed by atoms with E-state index in [2.05, 4.69) is 53.7 Å². The van der Waals surface area contributed by atoms with E-state index in [0.29, 0.717) is 67.8 Å². The van der Waals surface area contributed by atoms with E-state index in [4.69, 9.17) is 33.1 Å². The summed E-state index contributed by atoms with van der Waals surface area (Å²) in [6.45, 7) is 14.0. The van der Waals surface area contributed by atoms with Crippen molar-refractivity contribution in [3.05, 3.63) is 190 Å². The number of rotatable bonds is 25. The van der Waals surface area contributed by atoms with Gasteiger partial charge in [-0.25, -0.2) is 9.78 Å². The number of aromatic amines is 1. The third-order valence-corrected chi connectivity index (χ3v) is 19.2. The van der Waals surface area contributed by atoms with Crippen LogP contribution >= 0.6 is 0 Å². The van der Waals surface area contributed by atoms with Crippen LogP contribution in [0, 0.1) is 0 Å². The Kier molecular flexibility index (Phi) is 19.2. The van der Waals surface area contributed by atoms with Gasteiger partial charge in [0.15, 0.2) is 14.5 Å². The molecule has 0 saturated carbocycles. The topological polar surface area (TPSA) is 172 Å². The summed E-state index contributed by atoms with van der Waals surface area (Å²) in [6.07, 6.45) is 6.11. The molecule has 17 heteroatoms. The molecule has 1 fully saturated rings. The Balaban J connectivity index is 0.949. The molecule has 1 amide bonds. The highest BCUT2D eigenvalue weighted by molar-refractivity contribution is 6.74. The van der Waals surface area contributed by atoms with E-state index < -0.39 is 37.5 Å². The van der Waals surface area contributed by atoms with E-state index in [1.807, 2.05) is 132 Å². The second-order valence-electron chi connectivity index (χ2n) is 21.0. The summed E-state index contributed by atoms with van der Waals surface area (Å²) in [5.41, 5.74) is 3.21. The van der Waals surface area contributed by atoms with Crippen molar-refractivity contribution in [1.29, 1.82) is 0 Å². The van der Waals surface area contributed by atoms with Gasteiger partial charge in [0.25, 0.3) is 5.56 Å². The summed E-state index contributed by atoms with van der Waals surface area (Å²) in [6, 6.07) is 42.3. The second-order valence-corrected chi connectivity index (χ2v) is 25.8. The molecule has 4 aromatic heterocycles. The van der Waals surface area contributed by atoms with Crippen molar-refractivity contribution >= 4 is 14.2 Å². The molecule has 0 spiro atoms. The Morgan fingerprint density at radius 2 is 1.24 bits per heavy atom. The molecule has 8 rings (SSSR count). The van der Waals surface area contributed by atoms with E-state index in [1.165, 1.54) is 16.8 Å². The van der Waals surface area contributed by atoms with Gasteiger partial charge in [-0.2, -0.15) is 0 Å². The lowest BCUT2D eigenvalue weighted by molar-refractivity contribution is -0.138. The molecule has 1 aliphatic heterocycles. The highest BCUT2D eigenvalue weighted by atomic mass is 28.4. The van der Waals surface area contributed by atoms with Crippen molar-refractivity contribution in [2.75, 3.05) is 66.8 Å².